The summed E-state index contributed by atoms with van der Waals surface area (Å²) in [5.74, 6) is 0.577. The van der Waals surface area contributed by atoms with Gasteiger partial charge in [0.2, 0.25) is 5.89 Å². The van der Waals surface area contributed by atoms with Crippen molar-refractivity contribution in [2.24, 2.45) is 0 Å². The van der Waals surface area contributed by atoms with Crippen LogP contribution in [0.15, 0.2) is 23.0 Å². The minimum atomic E-state index is -1.12. The lowest BCUT2D eigenvalue weighted by atomic mass is 10.4. The molecule has 0 aliphatic carbocycles. The summed E-state index contributed by atoms with van der Waals surface area (Å²) in [6.45, 7) is 2.30. The Hall–Kier alpha value is -2.44. The lowest BCUT2D eigenvalue weighted by molar-refractivity contribution is 0.0690. The summed E-state index contributed by atoms with van der Waals surface area (Å²) >= 11 is 0. The van der Waals surface area contributed by atoms with Gasteiger partial charge >= 0.3 is 5.97 Å². The Kier molecular flexibility index (Phi) is 3.52. The summed E-state index contributed by atoms with van der Waals surface area (Å²) in [6.07, 6.45) is 5.07. The second-order valence-electron chi connectivity index (χ2n) is 3.52. The molecule has 0 radical (unpaired) electrons. The van der Waals surface area contributed by atoms with Crippen LogP contribution in [0.4, 0.5) is 5.82 Å². The van der Waals surface area contributed by atoms with E-state index in [9.17, 15) is 4.79 Å². The van der Waals surface area contributed by atoms with Crippen LogP contribution in [0, 0.1) is 0 Å². The van der Waals surface area contributed by atoms with Gasteiger partial charge in [0.15, 0.2) is 5.69 Å². The molecule has 7 heteroatoms. The number of oxazole rings is 1. The van der Waals surface area contributed by atoms with Crippen molar-refractivity contribution in [1.29, 1.82) is 0 Å². The second-order valence-corrected chi connectivity index (χ2v) is 3.52. The summed E-state index contributed by atoms with van der Waals surface area (Å²) in [4.78, 5) is 22.4. The fourth-order valence-electron chi connectivity index (χ4n) is 1.31. The number of aromatic carboxylic acids is 1. The van der Waals surface area contributed by atoms with Crippen LogP contribution < -0.4 is 5.32 Å². The molecule has 0 saturated heterocycles. The van der Waals surface area contributed by atoms with E-state index in [1.807, 2.05) is 6.92 Å². The number of nitrogens with one attached hydrogen (secondary N) is 1. The van der Waals surface area contributed by atoms with Gasteiger partial charge in [0.25, 0.3) is 0 Å². The highest BCUT2D eigenvalue weighted by atomic mass is 16.4. The molecule has 0 spiro atoms. The highest BCUT2D eigenvalue weighted by molar-refractivity contribution is 5.85. The SMILES string of the molecule is CCc1cnc(CNc2cncc(C(=O)O)n2)o1. The number of hydrogen-bond donors (Lipinski definition) is 2. The first-order valence-corrected chi connectivity index (χ1v) is 5.42. The molecule has 2 heterocycles. The van der Waals surface area contributed by atoms with Crippen molar-refractivity contribution in [3.63, 3.8) is 0 Å². The zero-order valence-electron chi connectivity index (χ0n) is 9.75. The van der Waals surface area contributed by atoms with Gasteiger partial charge in [-0.15, -0.1) is 0 Å². The molecule has 2 aromatic rings. The van der Waals surface area contributed by atoms with Gasteiger partial charge in [0.05, 0.1) is 25.1 Å². The molecule has 0 amide bonds. The number of carbonyl (C=O) groups is 1. The van der Waals surface area contributed by atoms with Crippen LogP contribution in [0.3, 0.4) is 0 Å². The number of nitrogens with zero attached hydrogens (tertiary/aromatic N) is 3. The Morgan fingerprint density at radius 3 is 2.94 bits per heavy atom. The Morgan fingerprint density at radius 1 is 1.44 bits per heavy atom. The van der Waals surface area contributed by atoms with Gasteiger partial charge in [-0.25, -0.2) is 14.8 Å². The van der Waals surface area contributed by atoms with Gasteiger partial charge in [-0.05, 0) is 0 Å². The Morgan fingerprint density at radius 2 is 2.28 bits per heavy atom. The Bertz CT molecular complexity index is 553. The van der Waals surface area contributed by atoms with Crippen molar-refractivity contribution < 1.29 is 14.3 Å². The average molecular weight is 248 g/mol. The number of carboxylic acid groups (broad SMARTS) is 1. The van der Waals surface area contributed by atoms with Crippen LogP contribution in [-0.4, -0.2) is 26.0 Å². The van der Waals surface area contributed by atoms with Gasteiger partial charge < -0.3 is 14.8 Å². The molecule has 0 aromatic carbocycles. The number of aromatic nitrogens is 3. The van der Waals surface area contributed by atoms with Crippen molar-refractivity contribution in [3.8, 4) is 0 Å². The van der Waals surface area contributed by atoms with E-state index in [2.05, 4.69) is 20.3 Å². The highest BCUT2D eigenvalue weighted by Crippen LogP contribution is 2.07. The maximum absolute atomic E-state index is 10.7. The minimum Gasteiger partial charge on any atom is -0.476 e. The third-order valence-electron chi connectivity index (χ3n) is 2.22. The fourth-order valence-corrected chi connectivity index (χ4v) is 1.31. The van der Waals surface area contributed by atoms with E-state index in [0.29, 0.717) is 18.3 Å². The molecular formula is C11H12N4O3. The molecular weight excluding hydrogens is 236 g/mol. The zero-order valence-corrected chi connectivity index (χ0v) is 9.75. The summed E-state index contributed by atoms with van der Waals surface area (Å²) in [7, 11) is 0. The quantitative estimate of drug-likeness (QED) is 0.823. The molecule has 0 aliphatic heterocycles. The first-order chi connectivity index (χ1) is 8.69. The van der Waals surface area contributed by atoms with Crippen LogP contribution in [0.1, 0.15) is 29.1 Å². The smallest absolute Gasteiger partial charge is 0.356 e. The van der Waals surface area contributed by atoms with E-state index in [1.54, 1.807) is 6.20 Å². The molecule has 2 aromatic heterocycles. The first-order valence-electron chi connectivity index (χ1n) is 5.42. The fraction of sp³-hybridized carbons (Fsp3) is 0.273. The van der Waals surface area contributed by atoms with Gasteiger partial charge in [-0.3, -0.25) is 4.98 Å². The summed E-state index contributed by atoms with van der Waals surface area (Å²) in [5.41, 5.74) is -0.110. The van der Waals surface area contributed by atoms with Crippen molar-refractivity contribution in [2.75, 3.05) is 5.32 Å². The number of anilines is 1. The predicted octanol–water partition coefficient (Wildman–Crippen LogP) is 1.34. The first kappa shape index (κ1) is 12.0. The number of aryl methyl sites for hydroxylation is 1. The molecule has 18 heavy (non-hydrogen) atoms. The summed E-state index contributed by atoms with van der Waals surface area (Å²) in [6, 6.07) is 0. The topological polar surface area (TPSA) is 101 Å². The maximum Gasteiger partial charge on any atom is 0.356 e. The molecule has 2 rings (SSSR count). The van der Waals surface area contributed by atoms with Gasteiger partial charge in [0.1, 0.15) is 11.6 Å². The van der Waals surface area contributed by atoms with Crippen molar-refractivity contribution >= 4 is 11.8 Å². The zero-order chi connectivity index (χ0) is 13.0. The van der Waals surface area contributed by atoms with Gasteiger partial charge in [-0.1, -0.05) is 6.92 Å². The molecule has 2 N–H and O–H groups in total. The van der Waals surface area contributed by atoms with Crippen LogP contribution in [-0.2, 0) is 13.0 Å². The minimum absolute atomic E-state index is 0.110. The highest BCUT2D eigenvalue weighted by Gasteiger charge is 2.07. The molecule has 94 valence electrons. The van der Waals surface area contributed by atoms with E-state index in [-0.39, 0.29) is 5.69 Å². The monoisotopic (exact) mass is 248 g/mol. The largest absolute Gasteiger partial charge is 0.476 e. The second kappa shape index (κ2) is 5.26. The number of carboxylic acids is 1. The maximum atomic E-state index is 10.7. The third kappa shape index (κ3) is 2.82. The molecule has 7 nitrogen and oxygen atoms in total. The molecule has 0 atom stereocenters. The third-order valence-corrected chi connectivity index (χ3v) is 2.22. The van der Waals surface area contributed by atoms with E-state index in [0.717, 1.165) is 12.2 Å². The summed E-state index contributed by atoms with van der Waals surface area (Å²) in [5, 5.41) is 11.7. The lowest BCUT2D eigenvalue weighted by Crippen LogP contribution is -2.06. The standard InChI is InChI=1S/C11H12N4O3/c1-2-7-3-14-10(18-7)6-13-9-5-12-4-8(15-9)11(16)17/h3-5H,2,6H2,1H3,(H,13,15)(H,16,17). The Balaban J connectivity index is 2.01. The van der Waals surface area contributed by atoms with Gasteiger partial charge in [0, 0.05) is 6.42 Å². The summed E-state index contributed by atoms with van der Waals surface area (Å²) < 4.78 is 5.39. The lowest BCUT2D eigenvalue weighted by Gasteiger charge is -2.02. The van der Waals surface area contributed by atoms with E-state index < -0.39 is 5.97 Å². The molecule has 0 unspecified atom stereocenters. The normalized spacial score (nSPS) is 10.3. The van der Waals surface area contributed by atoms with Crippen LogP contribution in [0.5, 0.6) is 0 Å². The predicted molar refractivity (Wildman–Crippen MR) is 62.2 cm³/mol. The number of rotatable bonds is 5. The molecule has 0 aliphatic rings. The number of hydrogen-bond acceptors (Lipinski definition) is 6. The van der Waals surface area contributed by atoms with E-state index >= 15 is 0 Å². The molecule has 0 fully saturated rings. The van der Waals surface area contributed by atoms with Crippen LogP contribution in [0.25, 0.3) is 0 Å². The average Bonchev–Trinajstić information content (AvgIpc) is 2.84. The molecule has 0 saturated carbocycles. The molecule has 0 bridgehead atoms. The van der Waals surface area contributed by atoms with Crippen molar-refractivity contribution in [2.45, 2.75) is 19.9 Å². The van der Waals surface area contributed by atoms with E-state index in [4.69, 9.17) is 9.52 Å². The van der Waals surface area contributed by atoms with Crippen LogP contribution in [0.2, 0.25) is 0 Å². The van der Waals surface area contributed by atoms with Crippen molar-refractivity contribution in [3.05, 3.63) is 35.9 Å². The van der Waals surface area contributed by atoms with Gasteiger partial charge in [-0.2, -0.15) is 0 Å². The van der Waals surface area contributed by atoms with Crippen LogP contribution >= 0.6 is 0 Å². The Labute approximate surface area is 103 Å². The van der Waals surface area contributed by atoms with E-state index in [1.165, 1.54) is 12.4 Å². The van der Waals surface area contributed by atoms with Crippen molar-refractivity contribution in [1.82, 2.24) is 15.0 Å².